The molecule has 0 saturated heterocycles. The first-order valence-electron chi connectivity index (χ1n) is 8.25. The van der Waals surface area contributed by atoms with Crippen LogP contribution < -0.4 is 10.6 Å². The molecule has 0 spiro atoms. The smallest absolute Gasteiger partial charge is 0.321 e. The number of nitrogens with zero attached hydrogens (tertiary/aromatic N) is 1. The normalized spacial score (nSPS) is 10.8. The summed E-state index contributed by atoms with van der Waals surface area (Å²) in [5.74, 6) is -1.84. The van der Waals surface area contributed by atoms with Crippen molar-refractivity contribution in [3.63, 3.8) is 0 Å². The summed E-state index contributed by atoms with van der Waals surface area (Å²) in [4.78, 5) is 26.4. The quantitative estimate of drug-likeness (QED) is 0.739. The van der Waals surface area contributed by atoms with Crippen LogP contribution in [0.3, 0.4) is 0 Å². The number of benzene rings is 1. The number of carbonyl (C=O) groups excluding carboxylic acids is 2. The molecule has 0 aliphatic heterocycles. The number of hydrogen-bond acceptors (Lipinski definition) is 4. The van der Waals surface area contributed by atoms with Crippen molar-refractivity contribution >= 4 is 23.3 Å². The van der Waals surface area contributed by atoms with E-state index in [-0.39, 0.29) is 18.7 Å². The number of imide groups is 1. The van der Waals surface area contributed by atoms with E-state index in [0.29, 0.717) is 19.5 Å². The Morgan fingerprint density at radius 1 is 1.15 bits per heavy atom. The second kappa shape index (κ2) is 9.98. The molecule has 1 aromatic heterocycles. The molecule has 0 unspecified atom stereocenters. The zero-order chi connectivity index (χ0) is 18.9. The van der Waals surface area contributed by atoms with Crippen molar-refractivity contribution in [1.29, 1.82) is 0 Å². The van der Waals surface area contributed by atoms with Crippen LogP contribution in [0.2, 0.25) is 0 Å². The van der Waals surface area contributed by atoms with Crippen molar-refractivity contribution in [3.8, 4) is 0 Å². The van der Waals surface area contributed by atoms with E-state index in [1.807, 2.05) is 17.5 Å². The minimum atomic E-state index is -0.657. The highest BCUT2D eigenvalue weighted by molar-refractivity contribution is 7.09. The first kappa shape index (κ1) is 20.0. The van der Waals surface area contributed by atoms with E-state index < -0.39 is 23.6 Å². The van der Waals surface area contributed by atoms with Gasteiger partial charge in [0, 0.05) is 23.5 Å². The summed E-state index contributed by atoms with van der Waals surface area (Å²) < 4.78 is 27.4. The molecule has 0 radical (unpaired) electrons. The lowest BCUT2D eigenvalue weighted by Gasteiger charge is -2.20. The number of rotatable bonds is 8. The summed E-state index contributed by atoms with van der Waals surface area (Å²) in [5, 5.41) is 6.79. The Balaban J connectivity index is 1.78. The van der Waals surface area contributed by atoms with E-state index in [2.05, 4.69) is 10.6 Å². The predicted octanol–water partition coefficient (Wildman–Crippen LogP) is 2.92. The van der Waals surface area contributed by atoms with Gasteiger partial charge in [-0.15, -0.1) is 11.3 Å². The van der Waals surface area contributed by atoms with Crippen molar-refractivity contribution in [2.24, 2.45) is 0 Å². The first-order valence-corrected chi connectivity index (χ1v) is 9.13. The van der Waals surface area contributed by atoms with Crippen molar-refractivity contribution in [2.45, 2.75) is 19.9 Å². The number of nitrogens with one attached hydrogen (secondary N) is 2. The van der Waals surface area contributed by atoms with E-state index in [0.717, 1.165) is 4.88 Å². The molecule has 1 aromatic carbocycles. The molecule has 2 rings (SSSR count). The lowest BCUT2D eigenvalue weighted by molar-refractivity contribution is -0.121. The predicted molar refractivity (Wildman–Crippen MR) is 96.9 cm³/mol. The van der Waals surface area contributed by atoms with Crippen LogP contribution in [0.1, 0.15) is 17.4 Å². The third kappa shape index (κ3) is 6.20. The summed E-state index contributed by atoms with van der Waals surface area (Å²) in [6.45, 7) is 2.40. The maximum absolute atomic E-state index is 13.7. The molecular formula is C18H21F2N3O2S. The monoisotopic (exact) mass is 381 g/mol. The van der Waals surface area contributed by atoms with Gasteiger partial charge in [0.2, 0.25) is 5.91 Å². The minimum Gasteiger partial charge on any atom is -0.337 e. The van der Waals surface area contributed by atoms with Gasteiger partial charge in [-0.2, -0.15) is 0 Å². The third-order valence-corrected chi connectivity index (χ3v) is 4.68. The van der Waals surface area contributed by atoms with Gasteiger partial charge in [-0.3, -0.25) is 15.0 Å². The summed E-state index contributed by atoms with van der Waals surface area (Å²) in [5.41, 5.74) is -0.0949. The fraction of sp³-hybridized carbons (Fsp3) is 0.333. The fourth-order valence-electron chi connectivity index (χ4n) is 2.35. The maximum Gasteiger partial charge on any atom is 0.321 e. The fourth-order valence-corrected chi connectivity index (χ4v) is 3.06. The molecule has 0 atom stereocenters. The summed E-state index contributed by atoms with van der Waals surface area (Å²) in [7, 11) is 0. The van der Waals surface area contributed by atoms with Gasteiger partial charge in [0.05, 0.1) is 6.54 Å². The van der Waals surface area contributed by atoms with Gasteiger partial charge >= 0.3 is 6.03 Å². The Morgan fingerprint density at radius 3 is 2.50 bits per heavy atom. The van der Waals surface area contributed by atoms with E-state index in [9.17, 15) is 18.4 Å². The Morgan fingerprint density at radius 2 is 1.88 bits per heavy atom. The van der Waals surface area contributed by atoms with Crippen molar-refractivity contribution in [2.75, 3.05) is 19.6 Å². The Labute approximate surface area is 155 Å². The number of likely N-dealkylation sites (N-methyl/N-ethyl adjacent to an activating group) is 1. The van der Waals surface area contributed by atoms with Crippen molar-refractivity contribution in [1.82, 2.24) is 15.5 Å². The standard InChI is InChI=1S/C18H21F2N3O2S/c1-2-23(11-14-15(19)6-3-7-16(14)20)12-17(24)22-18(25)21-9-8-13-5-4-10-26-13/h3-7,10H,2,8-9,11-12H2,1H3,(H2,21,22,24,25). The van der Waals surface area contributed by atoms with E-state index in [4.69, 9.17) is 0 Å². The number of carbonyl (C=O) groups is 2. The molecule has 0 aliphatic rings. The van der Waals surface area contributed by atoms with Crippen LogP contribution >= 0.6 is 11.3 Å². The van der Waals surface area contributed by atoms with Gasteiger partial charge in [0.25, 0.3) is 0 Å². The minimum absolute atomic E-state index is 0.0532. The van der Waals surface area contributed by atoms with Gasteiger partial charge in [-0.25, -0.2) is 13.6 Å². The van der Waals surface area contributed by atoms with Crippen LogP contribution in [-0.2, 0) is 17.8 Å². The molecule has 2 aromatic rings. The summed E-state index contributed by atoms with van der Waals surface area (Å²) in [6.07, 6.45) is 0.687. The van der Waals surface area contributed by atoms with Crippen molar-refractivity contribution < 1.29 is 18.4 Å². The summed E-state index contributed by atoms with van der Waals surface area (Å²) >= 11 is 1.60. The third-order valence-electron chi connectivity index (χ3n) is 3.75. The maximum atomic E-state index is 13.7. The number of hydrogen-bond donors (Lipinski definition) is 2. The molecule has 1 heterocycles. The lowest BCUT2D eigenvalue weighted by Crippen LogP contribution is -2.44. The van der Waals surface area contributed by atoms with Gasteiger partial charge in [0.1, 0.15) is 11.6 Å². The van der Waals surface area contributed by atoms with Crippen LogP contribution in [0, 0.1) is 11.6 Å². The zero-order valence-electron chi connectivity index (χ0n) is 14.4. The topological polar surface area (TPSA) is 61.4 Å². The van der Waals surface area contributed by atoms with Crippen LogP contribution in [0.25, 0.3) is 0 Å². The van der Waals surface area contributed by atoms with Crippen LogP contribution in [-0.4, -0.2) is 36.5 Å². The zero-order valence-corrected chi connectivity index (χ0v) is 15.2. The van der Waals surface area contributed by atoms with Gasteiger partial charge < -0.3 is 5.32 Å². The Hall–Kier alpha value is -2.32. The summed E-state index contributed by atoms with van der Waals surface area (Å²) in [6, 6.07) is 6.95. The second-order valence-corrected chi connectivity index (χ2v) is 6.67. The highest BCUT2D eigenvalue weighted by Gasteiger charge is 2.16. The molecule has 140 valence electrons. The molecule has 8 heteroatoms. The van der Waals surface area contributed by atoms with E-state index in [1.54, 1.807) is 23.2 Å². The highest BCUT2D eigenvalue weighted by Crippen LogP contribution is 2.14. The van der Waals surface area contributed by atoms with Crippen LogP contribution in [0.15, 0.2) is 35.7 Å². The van der Waals surface area contributed by atoms with Gasteiger partial charge in [-0.1, -0.05) is 19.1 Å². The number of amides is 3. The van der Waals surface area contributed by atoms with Crippen molar-refractivity contribution in [3.05, 3.63) is 57.8 Å². The number of thiophene rings is 1. The lowest BCUT2D eigenvalue weighted by atomic mass is 10.2. The average molecular weight is 381 g/mol. The molecule has 26 heavy (non-hydrogen) atoms. The number of urea groups is 1. The van der Waals surface area contributed by atoms with Gasteiger partial charge in [-0.05, 0) is 36.5 Å². The SMILES string of the molecule is CCN(CC(=O)NC(=O)NCCc1cccs1)Cc1c(F)cccc1F. The molecule has 3 amide bonds. The molecular weight excluding hydrogens is 360 g/mol. The first-order chi connectivity index (χ1) is 12.5. The van der Waals surface area contributed by atoms with Crippen LogP contribution in [0.4, 0.5) is 13.6 Å². The number of halogens is 2. The van der Waals surface area contributed by atoms with Crippen LogP contribution in [0.5, 0.6) is 0 Å². The molecule has 2 N–H and O–H groups in total. The van der Waals surface area contributed by atoms with E-state index >= 15 is 0 Å². The Bertz CT molecular complexity index is 718. The molecule has 0 fully saturated rings. The van der Waals surface area contributed by atoms with Gasteiger partial charge in [0.15, 0.2) is 0 Å². The molecule has 0 saturated carbocycles. The Kier molecular flexibility index (Phi) is 7.68. The highest BCUT2D eigenvalue weighted by atomic mass is 32.1. The van der Waals surface area contributed by atoms with E-state index in [1.165, 1.54) is 18.2 Å². The largest absolute Gasteiger partial charge is 0.337 e. The molecule has 0 aliphatic carbocycles. The average Bonchev–Trinajstić information content (AvgIpc) is 3.10. The molecule has 0 bridgehead atoms. The second-order valence-electron chi connectivity index (χ2n) is 5.64. The molecule has 5 nitrogen and oxygen atoms in total.